The number of urea groups is 1. The van der Waals surface area contributed by atoms with Gasteiger partial charge in [0.05, 0.1) is 12.6 Å². The number of piperidine rings is 1. The zero-order valence-electron chi connectivity index (χ0n) is 13.3. The Balaban J connectivity index is 1.55. The molecule has 3 atom stereocenters. The summed E-state index contributed by atoms with van der Waals surface area (Å²) in [5.74, 6) is 2.60. The second-order valence-electron chi connectivity index (χ2n) is 6.66. The average Bonchev–Trinajstić information content (AvgIpc) is 3.17. The zero-order chi connectivity index (χ0) is 15.4. The van der Waals surface area contributed by atoms with Crippen molar-refractivity contribution < 1.29 is 9.53 Å². The molecule has 0 aliphatic carbocycles. The number of rotatable bonds is 4. The van der Waals surface area contributed by atoms with Gasteiger partial charge in [-0.15, -0.1) is 6.42 Å². The van der Waals surface area contributed by atoms with Gasteiger partial charge in [0.25, 0.3) is 0 Å². The van der Waals surface area contributed by atoms with Gasteiger partial charge in [-0.25, -0.2) is 4.79 Å². The van der Waals surface area contributed by atoms with E-state index in [1.165, 1.54) is 25.8 Å². The Morgan fingerprint density at radius 2 is 2.18 bits per heavy atom. The molecule has 3 aliphatic heterocycles. The Morgan fingerprint density at radius 1 is 1.27 bits per heavy atom. The van der Waals surface area contributed by atoms with Crippen LogP contribution in [0.3, 0.4) is 0 Å². The van der Waals surface area contributed by atoms with Crippen LogP contribution in [0, 0.1) is 12.3 Å². The first-order chi connectivity index (χ1) is 10.8. The van der Waals surface area contributed by atoms with Gasteiger partial charge in [0.2, 0.25) is 0 Å². The lowest BCUT2D eigenvalue weighted by molar-refractivity contribution is 0.0834. The van der Waals surface area contributed by atoms with Gasteiger partial charge in [0.1, 0.15) is 0 Å². The predicted molar refractivity (Wildman–Crippen MR) is 85.5 cm³/mol. The molecule has 122 valence electrons. The van der Waals surface area contributed by atoms with Crippen LogP contribution < -0.4 is 5.32 Å². The minimum Gasteiger partial charge on any atom is -0.376 e. The van der Waals surface area contributed by atoms with Gasteiger partial charge < -0.3 is 15.0 Å². The fourth-order valence-corrected chi connectivity index (χ4v) is 4.03. The number of fused-ring (bicyclic) bond motifs is 1. The van der Waals surface area contributed by atoms with Gasteiger partial charge in [-0.1, -0.05) is 12.3 Å². The molecule has 5 heteroatoms. The molecule has 5 nitrogen and oxygen atoms in total. The van der Waals surface area contributed by atoms with Crippen molar-refractivity contribution in [1.29, 1.82) is 0 Å². The highest BCUT2D eigenvalue weighted by Crippen LogP contribution is 2.27. The van der Waals surface area contributed by atoms with Crippen LogP contribution in [0.15, 0.2) is 0 Å². The van der Waals surface area contributed by atoms with Crippen LogP contribution >= 0.6 is 0 Å². The molecule has 0 aromatic carbocycles. The average molecular weight is 305 g/mol. The lowest BCUT2D eigenvalue weighted by Gasteiger charge is -2.33. The van der Waals surface area contributed by atoms with E-state index in [0.29, 0.717) is 19.1 Å². The number of ether oxygens (including phenoxy) is 1. The maximum Gasteiger partial charge on any atom is 0.318 e. The topological polar surface area (TPSA) is 44.8 Å². The van der Waals surface area contributed by atoms with Crippen LogP contribution in [0.2, 0.25) is 0 Å². The zero-order valence-corrected chi connectivity index (χ0v) is 13.3. The van der Waals surface area contributed by atoms with Crippen LogP contribution in [0.1, 0.15) is 38.5 Å². The van der Waals surface area contributed by atoms with Gasteiger partial charge in [-0.2, -0.15) is 0 Å². The molecule has 0 bridgehead atoms. The third-order valence-electron chi connectivity index (χ3n) is 5.18. The maximum absolute atomic E-state index is 12.6. The summed E-state index contributed by atoms with van der Waals surface area (Å²) in [4.78, 5) is 16.9. The van der Waals surface area contributed by atoms with Crippen molar-refractivity contribution >= 4 is 6.03 Å². The fourth-order valence-electron chi connectivity index (χ4n) is 4.03. The molecule has 0 saturated carbocycles. The van der Waals surface area contributed by atoms with E-state index in [1.807, 2.05) is 0 Å². The number of amides is 2. The van der Waals surface area contributed by atoms with Gasteiger partial charge in [0, 0.05) is 31.8 Å². The van der Waals surface area contributed by atoms with E-state index in [1.54, 1.807) is 4.90 Å². The maximum atomic E-state index is 12.6. The molecule has 3 aliphatic rings. The van der Waals surface area contributed by atoms with Gasteiger partial charge in [0.15, 0.2) is 0 Å². The van der Waals surface area contributed by atoms with Crippen molar-refractivity contribution in [2.75, 3.05) is 32.8 Å². The molecule has 0 radical (unpaired) electrons. The number of terminal acetylenes is 1. The van der Waals surface area contributed by atoms with E-state index in [4.69, 9.17) is 11.2 Å². The lowest BCUT2D eigenvalue weighted by Crippen LogP contribution is -2.52. The summed E-state index contributed by atoms with van der Waals surface area (Å²) in [6.45, 7) is 4.05. The highest BCUT2D eigenvalue weighted by molar-refractivity contribution is 5.75. The number of hydrogen-bond acceptors (Lipinski definition) is 3. The number of carbonyl (C=O) groups excluding carboxylic acids is 1. The predicted octanol–water partition coefficient (Wildman–Crippen LogP) is 1.44. The number of carbonyl (C=O) groups is 1. The summed E-state index contributed by atoms with van der Waals surface area (Å²) < 4.78 is 5.64. The SMILES string of the molecule is C#CCN(C[C@@H]1CCCO1)C(=O)N[C@H]1CCN2CCCC[C@@H]12. The highest BCUT2D eigenvalue weighted by Gasteiger charge is 2.37. The number of nitrogens with zero attached hydrogens (tertiary/aromatic N) is 2. The minimum absolute atomic E-state index is 0.0223. The van der Waals surface area contributed by atoms with E-state index >= 15 is 0 Å². The second-order valence-corrected chi connectivity index (χ2v) is 6.66. The second kappa shape index (κ2) is 7.34. The Hall–Kier alpha value is -1.25. The molecular weight excluding hydrogens is 278 g/mol. The summed E-state index contributed by atoms with van der Waals surface area (Å²) in [7, 11) is 0. The van der Waals surface area contributed by atoms with Gasteiger partial charge >= 0.3 is 6.03 Å². The molecule has 1 N–H and O–H groups in total. The normalized spacial score (nSPS) is 31.5. The Bertz CT molecular complexity index is 428. The molecular formula is C17H27N3O2. The van der Waals surface area contributed by atoms with Crippen molar-refractivity contribution in [2.24, 2.45) is 0 Å². The van der Waals surface area contributed by atoms with Crippen LogP contribution in [-0.4, -0.2) is 66.8 Å². The summed E-state index contributed by atoms with van der Waals surface area (Å²) >= 11 is 0. The highest BCUT2D eigenvalue weighted by atomic mass is 16.5. The van der Waals surface area contributed by atoms with Crippen molar-refractivity contribution in [3.05, 3.63) is 0 Å². The molecule has 3 fully saturated rings. The van der Waals surface area contributed by atoms with Crippen molar-refractivity contribution in [1.82, 2.24) is 15.1 Å². The first-order valence-corrected chi connectivity index (χ1v) is 8.62. The van der Waals surface area contributed by atoms with Gasteiger partial charge in [-0.05, 0) is 38.6 Å². The van der Waals surface area contributed by atoms with E-state index in [-0.39, 0.29) is 18.2 Å². The minimum atomic E-state index is -0.0223. The molecule has 0 aromatic heterocycles. The summed E-state index contributed by atoms with van der Waals surface area (Å²) in [6.07, 6.45) is 12.5. The molecule has 3 heterocycles. The molecule has 3 rings (SSSR count). The monoisotopic (exact) mass is 305 g/mol. The summed E-state index contributed by atoms with van der Waals surface area (Å²) in [5.41, 5.74) is 0. The molecule has 3 saturated heterocycles. The Labute approximate surface area is 133 Å². The van der Waals surface area contributed by atoms with Crippen molar-refractivity contribution in [3.8, 4) is 12.3 Å². The lowest BCUT2D eigenvalue weighted by atomic mass is 9.99. The van der Waals surface area contributed by atoms with Crippen LogP contribution in [0.5, 0.6) is 0 Å². The van der Waals surface area contributed by atoms with Crippen LogP contribution in [-0.2, 0) is 4.74 Å². The number of nitrogens with one attached hydrogen (secondary N) is 1. The first kappa shape index (κ1) is 15.6. The van der Waals surface area contributed by atoms with Crippen LogP contribution in [0.25, 0.3) is 0 Å². The first-order valence-electron chi connectivity index (χ1n) is 8.62. The fraction of sp³-hybridized carbons (Fsp3) is 0.824. The van der Waals surface area contributed by atoms with Crippen molar-refractivity contribution in [3.63, 3.8) is 0 Å². The Kier molecular flexibility index (Phi) is 5.22. The molecule has 22 heavy (non-hydrogen) atoms. The van der Waals surface area contributed by atoms with Gasteiger partial charge in [-0.3, -0.25) is 4.90 Å². The summed E-state index contributed by atoms with van der Waals surface area (Å²) in [5, 5.41) is 3.23. The molecule has 0 aromatic rings. The number of hydrogen-bond donors (Lipinski definition) is 1. The summed E-state index contributed by atoms with van der Waals surface area (Å²) in [6, 6.07) is 0.775. The smallest absolute Gasteiger partial charge is 0.318 e. The van der Waals surface area contributed by atoms with Crippen molar-refractivity contribution in [2.45, 2.75) is 56.7 Å². The molecule has 0 unspecified atom stereocenters. The largest absolute Gasteiger partial charge is 0.376 e. The van der Waals surface area contributed by atoms with E-state index in [2.05, 4.69) is 16.1 Å². The standard InChI is InChI=1S/C17H27N3O2/c1-2-9-20(13-14-6-5-12-22-14)17(21)18-15-8-11-19-10-4-3-7-16(15)19/h1,14-16H,3-13H2,(H,18,21)/t14-,15-,16-/m0/s1. The quantitative estimate of drug-likeness (QED) is 0.799. The molecule has 0 spiro atoms. The van der Waals surface area contributed by atoms with Crippen LogP contribution in [0.4, 0.5) is 4.79 Å². The third kappa shape index (κ3) is 3.56. The third-order valence-corrected chi connectivity index (χ3v) is 5.18. The van der Waals surface area contributed by atoms with E-state index in [0.717, 1.165) is 32.4 Å². The Morgan fingerprint density at radius 3 is 2.95 bits per heavy atom. The van der Waals surface area contributed by atoms with E-state index < -0.39 is 0 Å². The van der Waals surface area contributed by atoms with E-state index in [9.17, 15) is 4.79 Å². The molecule has 2 amide bonds.